The first-order valence-electron chi connectivity index (χ1n) is 13.3. The maximum absolute atomic E-state index is 13.8. The quantitative estimate of drug-likeness (QED) is 0.286. The number of halogens is 1. The molecule has 0 spiro atoms. The smallest absolute Gasteiger partial charge is 0.322 e. The van der Waals surface area contributed by atoms with Crippen LogP contribution in [-0.2, 0) is 26.2 Å². The Kier molecular flexibility index (Phi) is 8.60. The largest absolute Gasteiger partial charge is 0.480 e. The number of amides is 2. The molecule has 16 heteroatoms. The van der Waals surface area contributed by atoms with Crippen molar-refractivity contribution >= 4 is 61.6 Å². The average Bonchev–Trinajstić information content (AvgIpc) is 3.55. The zero-order chi connectivity index (χ0) is 30.3. The number of hydrogen-bond donors (Lipinski definition) is 4. The van der Waals surface area contributed by atoms with Crippen LogP contribution < -0.4 is 10.6 Å². The minimum Gasteiger partial charge on any atom is -0.480 e. The first kappa shape index (κ1) is 30.4. The number of nitrogens with zero attached hydrogens (tertiary/aromatic N) is 4. The van der Waals surface area contributed by atoms with Gasteiger partial charge in [0, 0.05) is 59.4 Å². The predicted molar refractivity (Wildman–Crippen MR) is 157 cm³/mol. The molecule has 4 heterocycles. The number of carbonyl (C=O) groups is 3. The summed E-state index contributed by atoms with van der Waals surface area (Å²) in [5, 5.41) is 16.0. The molecule has 2 aromatic heterocycles. The number of benzene rings is 1. The molecule has 2 aliphatic heterocycles. The topological polar surface area (TPSA) is 168 Å². The van der Waals surface area contributed by atoms with Gasteiger partial charge in [-0.25, -0.2) is 13.4 Å². The number of piperazine rings is 1. The summed E-state index contributed by atoms with van der Waals surface area (Å²) in [6.45, 7) is 1.92. The Hall–Kier alpha value is -3.08. The predicted octanol–water partition coefficient (Wildman–Crippen LogP) is 1.48. The van der Waals surface area contributed by atoms with E-state index in [2.05, 4.69) is 22.5 Å². The van der Waals surface area contributed by atoms with E-state index >= 15 is 0 Å². The molecule has 2 amide bonds. The van der Waals surface area contributed by atoms with E-state index in [1.165, 1.54) is 26.6 Å². The Morgan fingerprint density at radius 2 is 2.00 bits per heavy atom. The molecular formula is C26H32ClN7O6S2. The van der Waals surface area contributed by atoms with Crippen LogP contribution in [-0.4, -0.2) is 108 Å². The van der Waals surface area contributed by atoms with E-state index in [9.17, 15) is 22.8 Å². The highest BCUT2D eigenvalue weighted by molar-refractivity contribution is 7.89. The van der Waals surface area contributed by atoms with Gasteiger partial charge in [0.1, 0.15) is 11.6 Å². The van der Waals surface area contributed by atoms with Crippen LogP contribution in [0.2, 0.25) is 5.02 Å². The number of aromatic nitrogens is 2. The van der Waals surface area contributed by atoms with E-state index < -0.39 is 40.4 Å². The van der Waals surface area contributed by atoms with Crippen molar-refractivity contribution in [1.82, 2.24) is 34.7 Å². The number of aliphatic carboxylic acids is 1. The number of carboxylic acids is 1. The molecule has 4 N–H and O–H groups in total. The van der Waals surface area contributed by atoms with Gasteiger partial charge in [-0.2, -0.15) is 4.31 Å². The summed E-state index contributed by atoms with van der Waals surface area (Å²) in [6, 6.07) is 5.74. The van der Waals surface area contributed by atoms with Crippen LogP contribution in [0.3, 0.4) is 0 Å². The van der Waals surface area contributed by atoms with Crippen molar-refractivity contribution < 1.29 is 27.9 Å². The SMILES string of the molecule is CC1NCc2sc(C(=O)N3CCN(S(=O)(=O)c4cc5cc(Cl)ccc5[nH]4)CC3CC(=O)NCC(=O)O)nc2C1N(C)C. The first-order valence-corrected chi connectivity index (χ1v) is 16.0. The van der Waals surface area contributed by atoms with E-state index in [0.717, 1.165) is 10.6 Å². The molecule has 1 saturated heterocycles. The Labute approximate surface area is 251 Å². The van der Waals surface area contributed by atoms with Crippen LogP contribution in [0.25, 0.3) is 10.9 Å². The lowest BCUT2D eigenvalue weighted by Gasteiger charge is -2.40. The minimum absolute atomic E-state index is 0.00143. The second-order valence-corrected chi connectivity index (χ2v) is 14.1. The molecular weight excluding hydrogens is 606 g/mol. The number of nitrogens with one attached hydrogen (secondary N) is 3. The van der Waals surface area contributed by atoms with Gasteiger partial charge < -0.3 is 25.6 Å². The average molecular weight is 638 g/mol. The number of fused-ring (bicyclic) bond motifs is 2. The van der Waals surface area contributed by atoms with Crippen molar-refractivity contribution in [2.75, 3.05) is 40.3 Å². The number of hydrogen-bond acceptors (Lipinski definition) is 9. The third-order valence-corrected chi connectivity index (χ3v) is 10.6. The van der Waals surface area contributed by atoms with Gasteiger partial charge in [-0.1, -0.05) is 11.6 Å². The zero-order valence-electron chi connectivity index (χ0n) is 23.3. The zero-order valence-corrected chi connectivity index (χ0v) is 25.6. The van der Waals surface area contributed by atoms with Gasteiger partial charge in [0.2, 0.25) is 5.91 Å². The Balaban J connectivity index is 1.42. The fraction of sp³-hybridized carbons (Fsp3) is 0.462. The molecule has 0 saturated carbocycles. The van der Waals surface area contributed by atoms with E-state index in [-0.39, 0.29) is 48.2 Å². The van der Waals surface area contributed by atoms with Gasteiger partial charge in [-0.05, 0) is 45.3 Å². The summed E-state index contributed by atoms with van der Waals surface area (Å²) >= 11 is 7.35. The second kappa shape index (κ2) is 11.9. The number of carbonyl (C=O) groups excluding carboxylic acids is 2. The number of thiazole rings is 1. The highest BCUT2D eigenvalue weighted by Crippen LogP contribution is 2.34. The molecule has 0 bridgehead atoms. The normalized spacial score (nSPS) is 21.5. The van der Waals surface area contributed by atoms with Crippen molar-refractivity contribution in [2.45, 2.75) is 43.0 Å². The van der Waals surface area contributed by atoms with Crippen LogP contribution in [0, 0.1) is 0 Å². The van der Waals surface area contributed by atoms with Crippen molar-refractivity contribution in [3.63, 3.8) is 0 Å². The molecule has 3 aromatic rings. The van der Waals surface area contributed by atoms with Gasteiger partial charge in [-0.15, -0.1) is 11.3 Å². The lowest BCUT2D eigenvalue weighted by atomic mass is 10.0. The molecule has 13 nitrogen and oxygen atoms in total. The molecule has 0 aliphatic carbocycles. The summed E-state index contributed by atoms with van der Waals surface area (Å²) in [5.41, 5.74) is 1.43. The van der Waals surface area contributed by atoms with Crippen LogP contribution >= 0.6 is 22.9 Å². The Morgan fingerprint density at radius 1 is 1.24 bits per heavy atom. The van der Waals surface area contributed by atoms with E-state index in [4.69, 9.17) is 21.7 Å². The second-order valence-electron chi connectivity index (χ2n) is 10.7. The molecule has 3 atom stereocenters. The number of H-pyrrole nitrogens is 1. The van der Waals surface area contributed by atoms with Gasteiger partial charge in [0.15, 0.2) is 5.01 Å². The highest BCUT2D eigenvalue weighted by atomic mass is 35.5. The summed E-state index contributed by atoms with van der Waals surface area (Å²) in [7, 11) is -0.125. The van der Waals surface area contributed by atoms with Gasteiger partial charge in [0.25, 0.3) is 15.9 Å². The maximum Gasteiger partial charge on any atom is 0.322 e. The fourth-order valence-electron chi connectivity index (χ4n) is 5.53. The van der Waals surface area contributed by atoms with Gasteiger partial charge in [0.05, 0.1) is 17.8 Å². The van der Waals surface area contributed by atoms with Crippen LogP contribution in [0.4, 0.5) is 0 Å². The van der Waals surface area contributed by atoms with E-state index in [1.807, 2.05) is 19.0 Å². The fourth-order valence-corrected chi connectivity index (χ4v) is 8.20. The molecule has 1 fully saturated rings. The molecule has 1 aromatic carbocycles. The van der Waals surface area contributed by atoms with Crippen LogP contribution in [0.1, 0.15) is 39.8 Å². The highest BCUT2D eigenvalue weighted by Gasteiger charge is 2.40. The van der Waals surface area contributed by atoms with Crippen molar-refractivity contribution in [3.8, 4) is 0 Å². The van der Waals surface area contributed by atoms with Crippen molar-refractivity contribution in [2.24, 2.45) is 0 Å². The molecule has 2 aliphatic rings. The molecule has 42 heavy (non-hydrogen) atoms. The first-order chi connectivity index (χ1) is 19.8. The molecule has 3 unspecified atom stereocenters. The number of sulfonamides is 1. The van der Waals surface area contributed by atoms with Crippen molar-refractivity contribution in [3.05, 3.63) is 44.9 Å². The number of likely N-dealkylation sites (N-methyl/N-ethyl adjacent to an activating group) is 1. The summed E-state index contributed by atoms with van der Waals surface area (Å²) < 4.78 is 28.5. The van der Waals surface area contributed by atoms with Crippen molar-refractivity contribution in [1.29, 1.82) is 0 Å². The molecule has 5 rings (SSSR count). The van der Waals surface area contributed by atoms with Gasteiger partial charge >= 0.3 is 5.97 Å². The van der Waals surface area contributed by atoms with Gasteiger partial charge in [-0.3, -0.25) is 19.3 Å². The number of carboxylic acid groups (broad SMARTS) is 1. The molecule has 0 radical (unpaired) electrons. The monoisotopic (exact) mass is 637 g/mol. The Morgan fingerprint density at radius 3 is 2.71 bits per heavy atom. The molecule has 226 valence electrons. The third kappa shape index (κ3) is 6.02. The Bertz CT molecular complexity index is 1640. The van der Waals surface area contributed by atoms with Crippen LogP contribution in [0.15, 0.2) is 29.3 Å². The standard InChI is InChI=1S/C26H32ClN7O6S2/c1-14-24(32(2)3)23-19(11-28-14)41-25(31-23)26(38)34-7-6-33(13-17(34)10-20(35)29-12-22(36)37)42(39,40)21-9-15-8-16(27)4-5-18(15)30-21/h4-5,8-9,14,17,24,28,30H,6-7,10-13H2,1-3H3,(H,29,35)(H,36,37). The summed E-state index contributed by atoms with van der Waals surface area (Å²) in [4.78, 5) is 49.6. The van der Waals surface area contributed by atoms with E-state index in [1.54, 1.807) is 18.2 Å². The lowest BCUT2D eigenvalue weighted by molar-refractivity contribution is -0.138. The number of rotatable bonds is 8. The van der Waals surface area contributed by atoms with Crippen LogP contribution in [0.5, 0.6) is 0 Å². The van der Waals surface area contributed by atoms with E-state index in [0.29, 0.717) is 22.5 Å². The summed E-state index contributed by atoms with van der Waals surface area (Å²) in [6.07, 6.45) is -0.280. The third-order valence-electron chi connectivity index (χ3n) is 7.55. The number of aromatic amines is 1. The maximum atomic E-state index is 13.8. The summed E-state index contributed by atoms with van der Waals surface area (Å²) in [5.74, 6) is -2.22. The minimum atomic E-state index is -4.03. The lowest BCUT2D eigenvalue weighted by Crippen LogP contribution is -2.57.